The van der Waals surface area contributed by atoms with E-state index >= 15 is 0 Å². The molecule has 0 N–H and O–H groups in total. The highest BCUT2D eigenvalue weighted by Crippen LogP contribution is 2.37. The maximum Gasteiger partial charge on any atom is 0.232 e. The number of furan rings is 1. The molecule has 0 spiro atoms. The number of rotatable bonds is 1. The molecule has 4 aromatic rings. The second kappa shape index (κ2) is 5.09. The molecule has 3 nitrogen and oxygen atoms in total. The van der Waals surface area contributed by atoms with Gasteiger partial charge in [0, 0.05) is 23.6 Å². The van der Waals surface area contributed by atoms with Crippen LogP contribution in [0.1, 0.15) is 11.1 Å². The topological polar surface area (TPSA) is 29.9 Å². The predicted molar refractivity (Wildman–Crippen MR) is 87.5 cm³/mol. The van der Waals surface area contributed by atoms with Gasteiger partial charge in [-0.1, -0.05) is 12.1 Å². The molecule has 0 unspecified atom stereocenters. The van der Waals surface area contributed by atoms with Crippen molar-refractivity contribution in [2.45, 2.75) is 13.8 Å². The third-order valence-corrected chi connectivity index (χ3v) is 4.30. The highest BCUT2D eigenvalue weighted by molar-refractivity contribution is 6.08. The van der Waals surface area contributed by atoms with Crippen molar-refractivity contribution < 1.29 is 17.8 Å². The van der Waals surface area contributed by atoms with E-state index in [0.29, 0.717) is 11.0 Å². The number of benzene rings is 1. The Morgan fingerprint density at radius 1 is 1.08 bits per heavy atom. The van der Waals surface area contributed by atoms with Gasteiger partial charge in [0.05, 0.1) is 10.9 Å². The monoisotopic (exact) mass is 325 g/mol. The molecule has 0 radical (unpaired) electrons. The van der Waals surface area contributed by atoms with Crippen LogP contribution in [0.15, 0.2) is 40.9 Å². The van der Waals surface area contributed by atoms with Gasteiger partial charge in [-0.3, -0.25) is 0 Å². The van der Waals surface area contributed by atoms with E-state index in [-0.39, 0.29) is 11.1 Å². The highest BCUT2D eigenvalue weighted by atomic mass is 19.1. The maximum atomic E-state index is 14.2. The quantitative estimate of drug-likeness (QED) is 0.384. The van der Waals surface area contributed by atoms with Crippen molar-refractivity contribution in [2.75, 3.05) is 0 Å². The van der Waals surface area contributed by atoms with Crippen molar-refractivity contribution in [3.63, 3.8) is 0 Å². The zero-order valence-corrected chi connectivity index (χ0v) is 13.5. The summed E-state index contributed by atoms with van der Waals surface area (Å²) in [5.74, 6) is -1.56. The summed E-state index contributed by atoms with van der Waals surface area (Å²) < 4.78 is 35.4. The van der Waals surface area contributed by atoms with Crippen LogP contribution < -0.4 is 4.57 Å². The fourth-order valence-corrected chi connectivity index (χ4v) is 3.10. The fraction of sp³-hybridized carbons (Fsp3) is 0.158. The summed E-state index contributed by atoms with van der Waals surface area (Å²) in [4.78, 5) is 3.70. The molecule has 120 valence electrons. The van der Waals surface area contributed by atoms with Crippen molar-refractivity contribution in [3.8, 4) is 11.3 Å². The fourth-order valence-electron chi connectivity index (χ4n) is 3.10. The molecular weight excluding hydrogens is 310 g/mol. The van der Waals surface area contributed by atoms with Crippen molar-refractivity contribution in [1.29, 1.82) is 0 Å². The molecule has 3 heterocycles. The Hall–Kier alpha value is -2.82. The first-order chi connectivity index (χ1) is 11.5. The maximum absolute atomic E-state index is 14.2. The van der Waals surface area contributed by atoms with E-state index in [1.54, 1.807) is 6.07 Å². The Morgan fingerprint density at radius 2 is 1.88 bits per heavy atom. The zero-order chi connectivity index (χ0) is 17.0. The summed E-state index contributed by atoms with van der Waals surface area (Å²) in [6.07, 6.45) is 1.96. The number of halogens is 2. The number of pyridine rings is 2. The molecule has 1 aromatic carbocycles. The molecule has 0 bridgehead atoms. The largest absolute Gasteiger partial charge is 0.437 e. The van der Waals surface area contributed by atoms with Crippen LogP contribution in [0.5, 0.6) is 0 Å². The second-order valence-electron chi connectivity index (χ2n) is 6.04. The molecule has 4 rings (SSSR count). The Kier molecular flexibility index (Phi) is 3.13. The van der Waals surface area contributed by atoms with Gasteiger partial charge in [0.15, 0.2) is 11.8 Å². The van der Waals surface area contributed by atoms with E-state index < -0.39 is 11.8 Å². The van der Waals surface area contributed by atoms with Crippen LogP contribution in [-0.4, -0.2) is 4.98 Å². The number of aryl methyl sites for hydroxylation is 3. The van der Waals surface area contributed by atoms with E-state index in [2.05, 4.69) is 4.98 Å². The Balaban J connectivity index is 2.18. The van der Waals surface area contributed by atoms with Crippen molar-refractivity contribution >= 4 is 22.1 Å². The Labute approximate surface area is 137 Å². The van der Waals surface area contributed by atoms with E-state index in [1.165, 1.54) is 0 Å². The lowest BCUT2D eigenvalue weighted by Crippen LogP contribution is -2.30. The molecular formula is C19H15F2N2O+. The van der Waals surface area contributed by atoms with Crippen LogP contribution in [0, 0.1) is 25.6 Å². The van der Waals surface area contributed by atoms with Crippen LogP contribution in [0.4, 0.5) is 8.78 Å². The van der Waals surface area contributed by atoms with Gasteiger partial charge in [0.2, 0.25) is 17.4 Å². The van der Waals surface area contributed by atoms with E-state index in [4.69, 9.17) is 4.42 Å². The summed E-state index contributed by atoms with van der Waals surface area (Å²) in [6.45, 7) is 3.98. The normalized spacial score (nSPS) is 11.5. The average Bonchev–Trinajstić information content (AvgIpc) is 2.88. The summed E-state index contributed by atoms with van der Waals surface area (Å²) in [5.41, 5.74) is 4.39. The molecule has 0 aliphatic rings. The third-order valence-electron chi connectivity index (χ3n) is 4.30. The molecule has 0 saturated heterocycles. The zero-order valence-electron chi connectivity index (χ0n) is 13.5. The standard InChI is InChI=1S/C19H15F2N2O/c1-10-6-7-23(3)14(8-10)16-11(2)4-5-12-17-13(20)9-15(21)22-19(17)24-18(12)16/h4-9H,1-3H3/q+1. The molecule has 5 heteroatoms. The van der Waals surface area contributed by atoms with Gasteiger partial charge in [-0.15, -0.1) is 0 Å². The first kappa shape index (κ1) is 14.8. The number of fused-ring (bicyclic) bond motifs is 3. The van der Waals surface area contributed by atoms with Gasteiger partial charge in [0.1, 0.15) is 12.9 Å². The van der Waals surface area contributed by atoms with Gasteiger partial charge in [-0.2, -0.15) is 9.37 Å². The van der Waals surface area contributed by atoms with Crippen LogP contribution in [0.3, 0.4) is 0 Å². The number of aromatic nitrogens is 2. The van der Waals surface area contributed by atoms with E-state index in [9.17, 15) is 8.78 Å². The summed E-state index contributed by atoms with van der Waals surface area (Å²) in [6, 6.07) is 8.53. The summed E-state index contributed by atoms with van der Waals surface area (Å²) in [5, 5.41) is 0.806. The summed E-state index contributed by atoms with van der Waals surface area (Å²) >= 11 is 0. The predicted octanol–water partition coefficient (Wildman–Crippen LogP) is 4.37. The van der Waals surface area contributed by atoms with Gasteiger partial charge in [-0.25, -0.2) is 8.96 Å². The van der Waals surface area contributed by atoms with Crippen LogP contribution >= 0.6 is 0 Å². The van der Waals surface area contributed by atoms with Crippen molar-refractivity contribution in [1.82, 2.24) is 4.98 Å². The average molecular weight is 325 g/mol. The smallest absolute Gasteiger partial charge is 0.232 e. The van der Waals surface area contributed by atoms with Crippen molar-refractivity contribution in [3.05, 3.63) is 59.4 Å². The lowest BCUT2D eigenvalue weighted by molar-refractivity contribution is -0.660. The van der Waals surface area contributed by atoms with Gasteiger partial charge >= 0.3 is 0 Å². The van der Waals surface area contributed by atoms with Crippen molar-refractivity contribution in [2.24, 2.45) is 7.05 Å². The van der Waals surface area contributed by atoms with Gasteiger partial charge in [0.25, 0.3) is 0 Å². The van der Waals surface area contributed by atoms with Crippen LogP contribution in [0.25, 0.3) is 33.3 Å². The molecule has 24 heavy (non-hydrogen) atoms. The molecule has 3 aromatic heterocycles. The van der Waals surface area contributed by atoms with E-state index in [0.717, 1.165) is 28.5 Å². The SMILES string of the molecule is Cc1cc[n+](C)c(-c2c(C)ccc3c2oc2nc(F)cc(F)c23)c1. The van der Waals surface area contributed by atoms with Crippen LogP contribution in [0.2, 0.25) is 0 Å². The highest BCUT2D eigenvalue weighted by Gasteiger charge is 2.23. The lowest BCUT2D eigenvalue weighted by atomic mass is 10.00. The Morgan fingerprint density at radius 3 is 2.67 bits per heavy atom. The first-order valence-electron chi connectivity index (χ1n) is 7.60. The van der Waals surface area contributed by atoms with Gasteiger partial charge in [-0.05, 0) is 25.0 Å². The Bertz CT molecular complexity index is 1120. The molecule has 0 saturated carbocycles. The number of hydrogen-bond acceptors (Lipinski definition) is 2. The number of hydrogen-bond donors (Lipinski definition) is 0. The summed E-state index contributed by atoms with van der Waals surface area (Å²) in [7, 11) is 1.94. The van der Waals surface area contributed by atoms with Gasteiger partial charge < -0.3 is 4.42 Å². The second-order valence-corrected chi connectivity index (χ2v) is 6.04. The first-order valence-corrected chi connectivity index (χ1v) is 7.60. The van der Waals surface area contributed by atoms with Crippen LogP contribution in [-0.2, 0) is 7.05 Å². The third kappa shape index (κ3) is 2.08. The molecule has 0 atom stereocenters. The molecule has 0 aliphatic heterocycles. The minimum absolute atomic E-state index is 0.0235. The lowest BCUT2D eigenvalue weighted by Gasteiger charge is -2.06. The van der Waals surface area contributed by atoms with E-state index in [1.807, 2.05) is 49.9 Å². The molecule has 0 fully saturated rings. The molecule has 0 aliphatic carbocycles. The molecule has 0 amide bonds. The number of nitrogens with zero attached hydrogens (tertiary/aromatic N) is 2. The minimum atomic E-state index is -0.890. The minimum Gasteiger partial charge on any atom is -0.437 e.